The molecule has 8 heteroatoms. The highest BCUT2D eigenvalue weighted by Gasteiger charge is 2.20. The fourth-order valence-electron chi connectivity index (χ4n) is 3.94. The van der Waals surface area contributed by atoms with Crippen molar-refractivity contribution in [3.05, 3.63) is 88.7 Å². The lowest BCUT2D eigenvalue weighted by Gasteiger charge is -2.11. The number of aromatic nitrogens is 4. The second-order valence-electron chi connectivity index (χ2n) is 7.50. The molecule has 0 saturated heterocycles. The van der Waals surface area contributed by atoms with E-state index in [0.29, 0.717) is 49.4 Å². The maximum atomic E-state index is 13.7. The van der Waals surface area contributed by atoms with Gasteiger partial charge in [0.25, 0.3) is 0 Å². The number of imidazole rings is 1. The third kappa shape index (κ3) is 3.76. The lowest BCUT2D eigenvalue weighted by Crippen LogP contribution is -1.99. The highest BCUT2D eigenvalue weighted by molar-refractivity contribution is 6.42. The zero-order valence-corrected chi connectivity index (χ0v) is 18.9. The summed E-state index contributed by atoms with van der Waals surface area (Å²) < 4.78 is 15.4. The van der Waals surface area contributed by atoms with E-state index in [4.69, 9.17) is 28.2 Å². The summed E-state index contributed by atoms with van der Waals surface area (Å²) in [6.07, 6.45) is 1.38. The highest BCUT2D eigenvalue weighted by Crippen LogP contribution is 2.40. The maximum absolute atomic E-state index is 13.7. The van der Waals surface area contributed by atoms with E-state index in [1.165, 1.54) is 12.3 Å². The number of aliphatic hydroxyl groups excluding tert-OH is 1. The van der Waals surface area contributed by atoms with Crippen LogP contribution >= 0.6 is 23.2 Å². The molecule has 0 aliphatic carbocycles. The molecule has 1 N–H and O–H groups in total. The zero-order chi connectivity index (χ0) is 23.1. The van der Waals surface area contributed by atoms with Gasteiger partial charge in [0.15, 0.2) is 0 Å². The van der Waals surface area contributed by atoms with Gasteiger partial charge in [-0.1, -0.05) is 59.6 Å². The predicted octanol–water partition coefficient (Wildman–Crippen LogP) is 6.30. The first-order chi connectivity index (χ1) is 16.0. The fraction of sp³-hybridized carbons (Fsp3) is 0.0800. The Morgan fingerprint density at radius 3 is 2.45 bits per heavy atom. The summed E-state index contributed by atoms with van der Waals surface area (Å²) in [5, 5.41) is 11.6. The maximum Gasteiger partial charge on any atom is 0.213 e. The van der Waals surface area contributed by atoms with Crippen LogP contribution in [0.15, 0.2) is 66.9 Å². The first-order valence-electron chi connectivity index (χ1n) is 10.1. The highest BCUT2D eigenvalue weighted by atomic mass is 35.5. The molecule has 0 radical (unpaired) electrons. The van der Waals surface area contributed by atoms with Crippen LogP contribution in [0.3, 0.4) is 0 Å². The SMILES string of the molecule is Cn1c(-c2ccnc(F)c2)nc(-c2ccc3nc(Cl)c(-c4ccccc4)c(Cl)c3c2)c1CO. The van der Waals surface area contributed by atoms with E-state index in [2.05, 4.69) is 9.97 Å². The van der Waals surface area contributed by atoms with Crippen LogP contribution in [0.25, 0.3) is 44.7 Å². The molecule has 5 aromatic rings. The average molecular weight is 479 g/mol. The van der Waals surface area contributed by atoms with Crippen LogP contribution < -0.4 is 0 Å². The molecule has 0 atom stereocenters. The van der Waals surface area contributed by atoms with Gasteiger partial charge >= 0.3 is 0 Å². The van der Waals surface area contributed by atoms with E-state index in [-0.39, 0.29) is 6.61 Å². The van der Waals surface area contributed by atoms with Crippen LogP contribution in [-0.2, 0) is 13.7 Å². The number of halogens is 3. The van der Waals surface area contributed by atoms with Crippen molar-refractivity contribution in [2.24, 2.45) is 7.05 Å². The number of hydrogen-bond acceptors (Lipinski definition) is 4. The third-order valence-corrected chi connectivity index (χ3v) is 6.23. The third-order valence-electron chi connectivity index (χ3n) is 5.56. The minimum atomic E-state index is -0.600. The van der Waals surface area contributed by atoms with Gasteiger partial charge in [0.2, 0.25) is 5.95 Å². The standard InChI is InChI=1S/C25H17Cl2FN4O/c1-32-19(13-33)23(31-25(32)16-9-10-29-20(28)12-16)15-7-8-18-17(11-15)22(26)21(24(27)30-18)14-5-3-2-4-6-14/h2-12,33H,13H2,1H3. The van der Waals surface area contributed by atoms with Gasteiger partial charge in [-0.2, -0.15) is 4.39 Å². The molecule has 0 unspecified atom stereocenters. The molecule has 3 heterocycles. The van der Waals surface area contributed by atoms with Crippen molar-refractivity contribution in [2.75, 3.05) is 0 Å². The monoisotopic (exact) mass is 478 g/mol. The lowest BCUT2D eigenvalue weighted by molar-refractivity contribution is 0.273. The molecule has 0 spiro atoms. The normalized spacial score (nSPS) is 11.3. The Morgan fingerprint density at radius 2 is 1.73 bits per heavy atom. The minimum Gasteiger partial charge on any atom is -0.390 e. The van der Waals surface area contributed by atoms with Crippen molar-refractivity contribution in [2.45, 2.75) is 6.61 Å². The number of aliphatic hydroxyl groups is 1. The van der Waals surface area contributed by atoms with Gasteiger partial charge in [0.1, 0.15) is 11.0 Å². The Morgan fingerprint density at radius 1 is 0.939 bits per heavy atom. The largest absolute Gasteiger partial charge is 0.390 e. The quantitative estimate of drug-likeness (QED) is 0.307. The van der Waals surface area contributed by atoms with Crippen molar-refractivity contribution in [1.29, 1.82) is 0 Å². The Bertz CT molecular complexity index is 1500. The Hall–Kier alpha value is -3.32. The molecule has 3 aromatic heterocycles. The molecule has 33 heavy (non-hydrogen) atoms. The number of rotatable bonds is 4. The number of fused-ring (bicyclic) bond motifs is 1. The summed E-state index contributed by atoms with van der Waals surface area (Å²) in [5.74, 6) is -0.0859. The molecule has 0 fully saturated rings. The molecule has 0 aliphatic rings. The Labute approximate surface area is 199 Å². The minimum absolute atomic E-state index is 0.244. The second-order valence-corrected chi connectivity index (χ2v) is 8.24. The molecule has 5 rings (SSSR count). The molecule has 2 aromatic carbocycles. The van der Waals surface area contributed by atoms with E-state index in [1.54, 1.807) is 17.7 Å². The molecule has 164 valence electrons. The number of benzene rings is 2. The van der Waals surface area contributed by atoms with E-state index in [1.807, 2.05) is 48.5 Å². The van der Waals surface area contributed by atoms with E-state index in [0.717, 1.165) is 11.1 Å². The topological polar surface area (TPSA) is 63.8 Å². The van der Waals surface area contributed by atoms with Crippen molar-refractivity contribution in [3.8, 4) is 33.8 Å². The van der Waals surface area contributed by atoms with Crippen molar-refractivity contribution in [1.82, 2.24) is 19.5 Å². The first kappa shape index (κ1) is 21.5. The molecule has 0 saturated carbocycles. The van der Waals surface area contributed by atoms with Crippen LogP contribution in [0.1, 0.15) is 5.69 Å². The number of nitrogens with zero attached hydrogens (tertiary/aromatic N) is 4. The lowest BCUT2D eigenvalue weighted by atomic mass is 10.0. The molecular formula is C25H17Cl2FN4O. The van der Waals surface area contributed by atoms with Crippen molar-refractivity contribution >= 4 is 34.1 Å². The van der Waals surface area contributed by atoms with E-state index in [9.17, 15) is 9.50 Å². The summed E-state index contributed by atoms with van der Waals surface area (Å²) in [6.45, 7) is -0.244. The molecular weight excluding hydrogens is 462 g/mol. The predicted molar refractivity (Wildman–Crippen MR) is 129 cm³/mol. The smallest absolute Gasteiger partial charge is 0.213 e. The zero-order valence-electron chi connectivity index (χ0n) is 17.4. The van der Waals surface area contributed by atoms with Crippen molar-refractivity contribution < 1.29 is 9.50 Å². The van der Waals surface area contributed by atoms with Crippen molar-refractivity contribution in [3.63, 3.8) is 0 Å². The summed E-state index contributed by atoms with van der Waals surface area (Å²) in [6, 6.07) is 18.1. The second kappa shape index (κ2) is 8.56. The van der Waals surface area contributed by atoms with Gasteiger partial charge in [0, 0.05) is 41.4 Å². The van der Waals surface area contributed by atoms with Crippen LogP contribution in [0.2, 0.25) is 10.2 Å². The van der Waals surface area contributed by atoms with Gasteiger partial charge < -0.3 is 9.67 Å². The number of pyridine rings is 2. The van der Waals surface area contributed by atoms with Gasteiger partial charge in [0.05, 0.1) is 28.5 Å². The molecule has 5 nitrogen and oxygen atoms in total. The first-order valence-corrected chi connectivity index (χ1v) is 10.9. The van der Waals surface area contributed by atoms with E-state index < -0.39 is 5.95 Å². The average Bonchev–Trinajstić information content (AvgIpc) is 3.16. The van der Waals surface area contributed by atoms with E-state index >= 15 is 0 Å². The van der Waals surface area contributed by atoms with Crippen LogP contribution in [0, 0.1) is 5.95 Å². The summed E-state index contributed by atoms with van der Waals surface area (Å²) in [5.41, 5.74) is 4.62. The molecule has 0 bridgehead atoms. The van der Waals surface area contributed by atoms with Gasteiger partial charge in [-0.15, -0.1) is 0 Å². The van der Waals surface area contributed by atoms with Crippen LogP contribution in [-0.4, -0.2) is 24.6 Å². The molecule has 0 amide bonds. The Kier molecular flexibility index (Phi) is 5.58. The van der Waals surface area contributed by atoms with Crippen LogP contribution in [0.4, 0.5) is 4.39 Å². The number of hydrogen-bond donors (Lipinski definition) is 1. The van der Waals surface area contributed by atoms with Gasteiger partial charge in [-0.3, -0.25) is 0 Å². The van der Waals surface area contributed by atoms with Crippen LogP contribution in [0.5, 0.6) is 0 Å². The summed E-state index contributed by atoms with van der Waals surface area (Å²) >= 11 is 13.3. The Balaban J connectivity index is 1.70. The summed E-state index contributed by atoms with van der Waals surface area (Å²) in [7, 11) is 1.78. The molecule has 0 aliphatic heterocycles. The van der Waals surface area contributed by atoms with Gasteiger partial charge in [-0.25, -0.2) is 15.0 Å². The summed E-state index contributed by atoms with van der Waals surface area (Å²) in [4.78, 5) is 12.8. The van der Waals surface area contributed by atoms with Gasteiger partial charge in [-0.05, 0) is 23.8 Å². The fourth-order valence-corrected chi connectivity index (χ4v) is 4.63.